The summed E-state index contributed by atoms with van der Waals surface area (Å²) in [6.07, 6.45) is 5.02. The van der Waals surface area contributed by atoms with Gasteiger partial charge in [0.1, 0.15) is 0 Å². The van der Waals surface area contributed by atoms with Gasteiger partial charge in [0.2, 0.25) is 0 Å². The topological polar surface area (TPSA) is 21.3 Å². The fourth-order valence-electron chi connectivity index (χ4n) is 2.67. The normalized spacial score (nSPS) is 27.6. The molecule has 1 unspecified atom stereocenters. The number of hydrogen-bond acceptors (Lipinski definition) is 2. The summed E-state index contributed by atoms with van der Waals surface area (Å²) in [6, 6.07) is 9.50. The first-order valence-electron chi connectivity index (χ1n) is 6.81. The lowest BCUT2D eigenvalue weighted by Crippen LogP contribution is -2.37. The molecule has 98 valence electrons. The van der Waals surface area contributed by atoms with E-state index in [4.69, 9.17) is 4.74 Å². The number of ether oxygens (including phenoxy) is 1. The maximum Gasteiger partial charge on any atom is 0.0538 e. The van der Waals surface area contributed by atoms with E-state index in [0.29, 0.717) is 5.41 Å². The summed E-state index contributed by atoms with van der Waals surface area (Å²) in [7, 11) is 0. The van der Waals surface area contributed by atoms with Crippen LogP contribution in [0.2, 0.25) is 0 Å². The highest BCUT2D eigenvalue weighted by atomic mass is 79.9. The lowest BCUT2D eigenvalue weighted by atomic mass is 9.81. The average Bonchev–Trinajstić information content (AvgIpc) is 3.10. The summed E-state index contributed by atoms with van der Waals surface area (Å²) in [6.45, 7) is 2.93. The second-order valence-corrected chi connectivity index (χ2v) is 6.68. The van der Waals surface area contributed by atoms with E-state index in [9.17, 15) is 0 Å². The monoisotopic (exact) mass is 309 g/mol. The molecule has 3 heteroatoms. The van der Waals surface area contributed by atoms with Crippen molar-refractivity contribution in [2.24, 2.45) is 5.41 Å². The van der Waals surface area contributed by atoms with Crippen LogP contribution in [-0.4, -0.2) is 25.8 Å². The third-order valence-corrected chi connectivity index (χ3v) is 4.55. The first-order valence-corrected chi connectivity index (χ1v) is 7.61. The van der Waals surface area contributed by atoms with Crippen molar-refractivity contribution in [1.82, 2.24) is 5.32 Å². The van der Waals surface area contributed by atoms with E-state index in [1.54, 1.807) is 0 Å². The molecule has 2 nitrogen and oxygen atoms in total. The molecule has 1 aliphatic carbocycles. The molecule has 2 fully saturated rings. The minimum absolute atomic E-state index is 0.316. The Hall–Kier alpha value is -0.380. The molecule has 1 heterocycles. The Kier molecular flexibility index (Phi) is 3.73. The molecule has 1 saturated carbocycles. The van der Waals surface area contributed by atoms with Crippen molar-refractivity contribution in [3.63, 3.8) is 0 Å². The Bertz CT molecular complexity index is 393. The third kappa shape index (κ3) is 3.14. The molecule has 1 atom stereocenters. The molecule has 0 amide bonds. The van der Waals surface area contributed by atoms with Gasteiger partial charge in [-0.05, 0) is 43.4 Å². The molecule has 1 N–H and O–H groups in total. The zero-order valence-electron chi connectivity index (χ0n) is 10.6. The van der Waals surface area contributed by atoms with E-state index in [1.165, 1.54) is 24.8 Å². The second kappa shape index (κ2) is 5.32. The SMILES string of the molecule is Brc1ccc(CC2(CNC3CC3)CCOC2)cc1. The molecule has 0 aromatic heterocycles. The minimum Gasteiger partial charge on any atom is -0.381 e. The molecule has 3 rings (SSSR count). The first-order chi connectivity index (χ1) is 8.76. The minimum atomic E-state index is 0.316. The summed E-state index contributed by atoms with van der Waals surface area (Å²) >= 11 is 3.49. The van der Waals surface area contributed by atoms with E-state index in [0.717, 1.165) is 36.7 Å². The predicted molar refractivity (Wildman–Crippen MR) is 76.7 cm³/mol. The maximum absolute atomic E-state index is 5.66. The van der Waals surface area contributed by atoms with E-state index in [1.807, 2.05) is 0 Å². The maximum atomic E-state index is 5.66. The summed E-state index contributed by atoms with van der Waals surface area (Å²) in [5.41, 5.74) is 1.73. The fourth-order valence-corrected chi connectivity index (χ4v) is 2.94. The summed E-state index contributed by atoms with van der Waals surface area (Å²) in [5, 5.41) is 3.68. The Morgan fingerprint density at radius 1 is 1.28 bits per heavy atom. The van der Waals surface area contributed by atoms with Crippen molar-refractivity contribution in [2.75, 3.05) is 19.8 Å². The van der Waals surface area contributed by atoms with Crippen molar-refractivity contribution < 1.29 is 4.74 Å². The summed E-state index contributed by atoms with van der Waals surface area (Å²) in [5.74, 6) is 0. The molecule has 1 aromatic rings. The van der Waals surface area contributed by atoms with Crippen LogP contribution < -0.4 is 5.32 Å². The van der Waals surface area contributed by atoms with Crippen LogP contribution in [0.5, 0.6) is 0 Å². The largest absolute Gasteiger partial charge is 0.381 e. The molecular formula is C15H20BrNO. The van der Waals surface area contributed by atoms with Gasteiger partial charge in [-0.1, -0.05) is 28.1 Å². The van der Waals surface area contributed by atoms with Gasteiger partial charge in [0.25, 0.3) is 0 Å². The highest BCUT2D eigenvalue weighted by molar-refractivity contribution is 9.10. The zero-order valence-corrected chi connectivity index (χ0v) is 12.2. The van der Waals surface area contributed by atoms with Gasteiger partial charge >= 0.3 is 0 Å². The molecule has 1 aliphatic heterocycles. The predicted octanol–water partition coefficient (Wildman–Crippen LogP) is 3.15. The molecule has 0 radical (unpaired) electrons. The molecular weight excluding hydrogens is 290 g/mol. The third-order valence-electron chi connectivity index (χ3n) is 4.02. The van der Waals surface area contributed by atoms with Crippen molar-refractivity contribution in [3.05, 3.63) is 34.3 Å². The van der Waals surface area contributed by atoms with E-state index in [-0.39, 0.29) is 0 Å². The van der Waals surface area contributed by atoms with Crippen LogP contribution in [0.1, 0.15) is 24.8 Å². The van der Waals surface area contributed by atoms with Gasteiger partial charge in [-0.2, -0.15) is 0 Å². The lowest BCUT2D eigenvalue weighted by Gasteiger charge is -2.28. The molecule has 18 heavy (non-hydrogen) atoms. The average molecular weight is 310 g/mol. The van der Waals surface area contributed by atoms with Gasteiger partial charge in [-0.25, -0.2) is 0 Å². The quantitative estimate of drug-likeness (QED) is 0.902. The standard InChI is InChI=1S/C15H20BrNO/c16-13-3-1-12(2-4-13)9-15(7-8-18-11-15)10-17-14-5-6-14/h1-4,14,17H,5-11H2. The molecule has 0 bridgehead atoms. The number of hydrogen-bond donors (Lipinski definition) is 1. The molecule has 1 aromatic carbocycles. The first kappa shape index (κ1) is 12.6. The van der Waals surface area contributed by atoms with Crippen LogP contribution in [0.4, 0.5) is 0 Å². The second-order valence-electron chi connectivity index (χ2n) is 5.76. The molecule has 1 saturated heterocycles. The summed E-state index contributed by atoms with van der Waals surface area (Å²) < 4.78 is 6.81. The van der Waals surface area contributed by atoms with Gasteiger partial charge in [-0.15, -0.1) is 0 Å². The highest BCUT2D eigenvalue weighted by Gasteiger charge is 2.36. The fraction of sp³-hybridized carbons (Fsp3) is 0.600. The van der Waals surface area contributed by atoms with Crippen LogP contribution >= 0.6 is 15.9 Å². The van der Waals surface area contributed by atoms with Crippen LogP contribution in [0, 0.1) is 5.41 Å². The number of halogens is 1. The number of benzene rings is 1. The lowest BCUT2D eigenvalue weighted by molar-refractivity contribution is 0.149. The zero-order chi connectivity index (χ0) is 12.4. The summed E-state index contributed by atoms with van der Waals surface area (Å²) in [4.78, 5) is 0. The molecule has 2 aliphatic rings. The van der Waals surface area contributed by atoms with Crippen LogP contribution in [0.25, 0.3) is 0 Å². The number of nitrogens with one attached hydrogen (secondary N) is 1. The van der Waals surface area contributed by atoms with Crippen molar-refractivity contribution in [2.45, 2.75) is 31.7 Å². The number of rotatable bonds is 5. The van der Waals surface area contributed by atoms with Gasteiger partial charge in [-0.3, -0.25) is 0 Å². The van der Waals surface area contributed by atoms with E-state index >= 15 is 0 Å². The Balaban J connectivity index is 1.66. The Morgan fingerprint density at radius 2 is 2.06 bits per heavy atom. The van der Waals surface area contributed by atoms with E-state index < -0.39 is 0 Å². The van der Waals surface area contributed by atoms with Gasteiger partial charge in [0, 0.05) is 29.1 Å². The van der Waals surface area contributed by atoms with Crippen molar-refractivity contribution in [1.29, 1.82) is 0 Å². The van der Waals surface area contributed by atoms with Gasteiger partial charge in [0.15, 0.2) is 0 Å². The Morgan fingerprint density at radius 3 is 2.67 bits per heavy atom. The van der Waals surface area contributed by atoms with Crippen LogP contribution in [-0.2, 0) is 11.2 Å². The van der Waals surface area contributed by atoms with Gasteiger partial charge in [0.05, 0.1) is 6.61 Å². The van der Waals surface area contributed by atoms with E-state index in [2.05, 4.69) is 45.5 Å². The van der Waals surface area contributed by atoms with Gasteiger partial charge < -0.3 is 10.1 Å². The smallest absolute Gasteiger partial charge is 0.0538 e. The molecule has 0 spiro atoms. The highest BCUT2D eigenvalue weighted by Crippen LogP contribution is 2.33. The van der Waals surface area contributed by atoms with Crippen molar-refractivity contribution >= 4 is 15.9 Å². The Labute approximate surface area is 117 Å². The van der Waals surface area contributed by atoms with Crippen LogP contribution in [0.3, 0.4) is 0 Å². The van der Waals surface area contributed by atoms with Crippen molar-refractivity contribution in [3.8, 4) is 0 Å². The van der Waals surface area contributed by atoms with Crippen LogP contribution in [0.15, 0.2) is 28.7 Å².